The molecule has 1 fully saturated rings. The van der Waals surface area contributed by atoms with Gasteiger partial charge in [-0.3, -0.25) is 0 Å². The number of pyridine rings is 1. The molecular formula is C12H17ClN2O. The van der Waals surface area contributed by atoms with Crippen molar-refractivity contribution in [2.75, 3.05) is 25.1 Å². The zero-order valence-electron chi connectivity index (χ0n) is 9.69. The molecule has 0 radical (unpaired) electrons. The number of hydrogen-bond donors (Lipinski definition) is 0. The lowest BCUT2D eigenvalue weighted by Gasteiger charge is -2.34. The van der Waals surface area contributed by atoms with Crippen molar-refractivity contribution < 1.29 is 4.74 Å². The maximum Gasteiger partial charge on any atom is 0.137 e. The zero-order chi connectivity index (χ0) is 11.5. The summed E-state index contributed by atoms with van der Waals surface area (Å²) >= 11 is 6.20. The van der Waals surface area contributed by atoms with Crippen LogP contribution >= 0.6 is 11.6 Å². The number of alkyl halides is 1. The lowest BCUT2D eigenvalue weighted by molar-refractivity contribution is 0.412. The molecule has 1 aliphatic rings. The number of aromatic nitrogens is 1. The van der Waals surface area contributed by atoms with Crippen molar-refractivity contribution in [2.24, 2.45) is 5.92 Å². The second kappa shape index (κ2) is 4.91. The standard InChI is InChI=1S/C12H17ClN2O/c1-9-8-15(6-5-11(9)13)12-4-3-10(16-2)7-14-12/h3-4,7,9,11H,5-6,8H2,1-2H3. The molecule has 4 heteroatoms. The largest absolute Gasteiger partial charge is 0.495 e. The number of halogens is 1. The number of methoxy groups -OCH3 is 1. The van der Waals surface area contributed by atoms with Gasteiger partial charge in [-0.2, -0.15) is 0 Å². The maximum absolute atomic E-state index is 6.20. The Labute approximate surface area is 101 Å². The molecule has 1 saturated heterocycles. The molecule has 0 amide bonds. The number of anilines is 1. The summed E-state index contributed by atoms with van der Waals surface area (Å²) < 4.78 is 5.09. The Hall–Kier alpha value is -0.960. The Balaban J connectivity index is 2.06. The van der Waals surface area contributed by atoms with Crippen LogP contribution < -0.4 is 9.64 Å². The lowest BCUT2D eigenvalue weighted by Crippen LogP contribution is -2.40. The van der Waals surface area contributed by atoms with Gasteiger partial charge in [-0.15, -0.1) is 11.6 Å². The summed E-state index contributed by atoms with van der Waals surface area (Å²) in [6.07, 6.45) is 2.78. The van der Waals surface area contributed by atoms with Crippen LogP contribution in [0.2, 0.25) is 0 Å². The molecule has 16 heavy (non-hydrogen) atoms. The molecule has 0 bridgehead atoms. The molecule has 2 heterocycles. The van der Waals surface area contributed by atoms with E-state index >= 15 is 0 Å². The number of hydrogen-bond acceptors (Lipinski definition) is 3. The highest BCUT2D eigenvalue weighted by Crippen LogP contribution is 2.25. The molecule has 0 spiro atoms. The van der Waals surface area contributed by atoms with Gasteiger partial charge in [0, 0.05) is 18.5 Å². The van der Waals surface area contributed by atoms with E-state index in [4.69, 9.17) is 16.3 Å². The van der Waals surface area contributed by atoms with E-state index in [0.29, 0.717) is 11.3 Å². The van der Waals surface area contributed by atoms with Crippen molar-refractivity contribution >= 4 is 17.4 Å². The predicted octanol–water partition coefficient (Wildman–Crippen LogP) is 2.54. The highest BCUT2D eigenvalue weighted by molar-refractivity contribution is 6.20. The van der Waals surface area contributed by atoms with E-state index in [1.54, 1.807) is 13.3 Å². The summed E-state index contributed by atoms with van der Waals surface area (Å²) in [6, 6.07) is 3.94. The first-order valence-corrected chi connectivity index (χ1v) is 6.03. The normalized spacial score (nSPS) is 25.6. The second-order valence-electron chi connectivity index (χ2n) is 4.28. The summed E-state index contributed by atoms with van der Waals surface area (Å²) in [6.45, 7) is 4.15. The van der Waals surface area contributed by atoms with E-state index in [2.05, 4.69) is 16.8 Å². The Morgan fingerprint density at radius 3 is 2.88 bits per heavy atom. The van der Waals surface area contributed by atoms with Gasteiger partial charge in [0.2, 0.25) is 0 Å². The van der Waals surface area contributed by atoms with E-state index in [-0.39, 0.29) is 0 Å². The molecule has 0 N–H and O–H groups in total. The Bertz CT molecular complexity index is 341. The third-order valence-corrected chi connectivity index (χ3v) is 3.73. The predicted molar refractivity (Wildman–Crippen MR) is 66.4 cm³/mol. The summed E-state index contributed by atoms with van der Waals surface area (Å²) in [4.78, 5) is 6.67. The average molecular weight is 241 g/mol. The van der Waals surface area contributed by atoms with Crippen molar-refractivity contribution in [3.63, 3.8) is 0 Å². The van der Waals surface area contributed by atoms with Crippen molar-refractivity contribution in [1.82, 2.24) is 4.98 Å². The topological polar surface area (TPSA) is 25.4 Å². The number of ether oxygens (including phenoxy) is 1. The van der Waals surface area contributed by atoms with Crippen LogP contribution in [0.3, 0.4) is 0 Å². The summed E-state index contributed by atoms with van der Waals surface area (Å²) in [5.74, 6) is 2.32. The molecule has 0 saturated carbocycles. The molecular weight excluding hydrogens is 224 g/mol. The molecule has 1 aromatic heterocycles. The minimum atomic E-state index is 0.300. The maximum atomic E-state index is 6.20. The van der Waals surface area contributed by atoms with Crippen LogP contribution in [-0.2, 0) is 0 Å². The van der Waals surface area contributed by atoms with Crippen LogP contribution in [0.1, 0.15) is 13.3 Å². The third-order valence-electron chi connectivity index (χ3n) is 3.08. The zero-order valence-corrected chi connectivity index (χ0v) is 10.4. The smallest absolute Gasteiger partial charge is 0.137 e. The van der Waals surface area contributed by atoms with Crippen molar-refractivity contribution in [2.45, 2.75) is 18.7 Å². The van der Waals surface area contributed by atoms with Gasteiger partial charge in [-0.25, -0.2) is 4.98 Å². The molecule has 88 valence electrons. The van der Waals surface area contributed by atoms with Gasteiger partial charge in [0.15, 0.2) is 0 Å². The monoisotopic (exact) mass is 240 g/mol. The van der Waals surface area contributed by atoms with E-state index in [1.807, 2.05) is 12.1 Å². The van der Waals surface area contributed by atoms with Gasteiger partial charge in [0.05, 0.1) is 13.3 Å². The van der Waals surface area contributed by atoms with Gasteiger partial charge in [-0.1, -0.05) is 6.92 Å². The van der Waals surface area contributed by atoms with Gasteiger partial charge >= 0.3 is 0 Å². The van der Waals surface area contributed by atoms with Crippen molar-refractivity contribution in [3.8, 4) is 5.75 Å². The summed E-state index contributed by atoms with van der Waals surface area (Å²) in [5.41, 5.74) is 0. The van der Waals surface area contributed by atoms with Gasteiger partial charge in [0.1, 0.15) is 11.6 Å². The molecule has 2 unspecified atom stereocenters. The first-order valence-electron chi connectivity index (χ1n) is 5.59. The highest BCUT2D eigenvalue weighted by atomic mass is 35.5. The van der Waals surface area contributed by atoms with E-state index < -0.39 is 0 Å². The number of nitrogens with zero attached hydrogens (tertiary/aromatic N) is 2. The van der Waals surface area contributed by atoms with Gasteiger partial charge in [-0.05, 0) is 24.5 Å². The van der Waals surface area contributed by atoms with Crippen LogP contribution in [0, 0.1) is 5.92 Å². The van der Waals surface area contributed by atoms with Crippen LogP contribution in [0.15, 0.2) is 18.3 Å². The van der Waals surface area contributed by atoms with Crippen LogP contribution in [0.5, 0.6) is 5.75 Å². The molecule has 1 aromatic rings. The summed E-state index contributed by atoms with van der Waals surface area (Å²) in [7, 11) is 1.65. The Kier molecular flexibility index (Phi) is 3.54. The molecule has 2 atom stereocenters. The molecule has 3 nitrogen and oxygen atoms in total. The third kappa shape index (κ3) is 2.40. The number of piperidine rings is 1. The van der Waals surface area contributed by atoms with E-state index in [0.717, 1.165) is 31.1 Å². The molecule has 0 aromatic carbocycles. The Morgan fingerprint density at radius 2 is 2.31 bits per heavy atom. The van der Waals surface area contributed by atoms with E-state index in [9.17, 15) is 0 Å². The fourth-order valence-electron chi connectivity index (χ4n) is 2.01. The average Bonchev–Trinajstić information content (AvgIpc) is 2.33. The minimum Gasteiger partial charge on any atom is -0.495 e. The summed E-state index contributed by atoms with van der Waals surface area (Å²) in [5, 5.41) is 0.300. The number of rotatable bonds is 2. The van der Waals surface area contributed by atoms with E-state index in [1.165, 1.54) is 0 Å². The fourth-order valence-corrected chi connectivity index (χ4v) is 2.18. The fraction of sp³-hybridized carbons (Fsp3) is 0.583. The molecule has 2 rings (SSSR count). The van der Waals surface area contributed by atoms with Crippen molar-refractivity contribution in [1.29, 1.82) is 0 Å². The quantitative estimate of drug-likeness (QED) is 0.743. The van der Waals surface area contributed by atoms with Crippen molar-refractivity contribution in [3.05, 3.63) is 18.3 Å². The van der Waals surface area contributed by atoms with Gasteiger partial charge in [0.25, 0.3) is 0 Å². The van der Waals surface area contributed by atoms with Crippen LogP contribution in [-0.4, -0.2) is 30.6 Å². The lowest BCUT2D eigenvalue weighted by atomic mass is 10.00. The highest BCUT2D eigenvalue weighted by Gasteiger charge is 2.24. The SMILES string of the molecule is COc1ccc(N2CCC(Cl)C(C)C2)nc1. The minimum absolute atomic E-state index is 0.300. The van der Waals surface area contributed by atoms with Crippen LogP contribution in [0.4, 0.5) is 5.82 Å². The van der Waals surface area contributed by atoms with Crippen LogP contribution in [0.25, 0.3) is 0 Å². The molecule has 1 aliphatic heterocycles. The first kappa shape index (κ1) is 11.5. The molecule has 0 aliphatic carbocycles. The second-order valence-corrected chi connectivity index (χ2v) is 4.84. The first-order chi connectivity index (χ1) is 7.70. The Morgan fingerprint density at radius 1 is 1.50 bits per heavy atom. The van der Waals surface area contributed by atoms with Gasteiger partial charge < -0.3 is 9.64 Å².